The molecule has 2 unspecified atom stereocenters. The van der Waals surface area contributed by atoms with E-state index < -0.39 is 0 Å². The van der Waals surface area contributed by atoms with Gasteiger partial charge in [-0.2, -0.15) is 0 Å². The monoisotopic (exact) mass is 318 g/mol. The molecule has 0 heterocycles. The van der Waals surface area contributed by atoms with Crippen LogP contribution in [0.2, 0.25) is 0 Å². The van der Waals surface area contributed by atoms with E-state index in [1.807, 2.05) is 0 Å². The molecule has 0 N–H and O–H groups in total. The Hall–Kier alpha value is -0.160. The molecule has 0 amide bonds. The fourth-order valence-corrected chi connectivity index (χ4v) is 2.36. The molecule has 0 bridgehead atoms. The maximum atomic E-state index is 5.88. The third-order valence-electron chi connectivity index (χ3n) is 3.70. The van der Waals surface area contributed by atoms with E-state index in [-0.39, 0.29) is 6.29 Å². The maximum Gasteiger partial charge on any atom is 0.159 e. The first kappa shape index (κ1) is 21.8. The first-order chi connectivity index (χ1) is 10.5. The normalized spacial score (nSPS) is 14.7. The van der Waals surface area contributed by atoms with Crippen molar-refractivity contribution in [2.75, 3.05) is 33.5 Å². The van der Waals surface area contributed by atoms with Crippen LogP contribution in [0.4, 0.5) is 0 Å². The van der Waals surface area contributed by atoms with Gasteiger partial charge < -0.3 is 18.9 Å². The summed E-state index contributed by atoms with van der Waals surface area (Å²) in [6.45, 7) is 13.7. The summed E-state index contributed by atoms with van der Waals surface area (Å²) in [4.78, 5) is 0. The number of methoxy groups -OCH3 is 1. The predicted octanol–water partition coefficient (Wildman–Crippen LogP) is 4.27. The van der Waals surface area contributed by atoms with Crippen LogP contribution < -0.4 is 0 Å². The first-order valence-corrected chi connectivity index (χ1v) is 8.86. The molecular weight excluding hydrogens is 280 g/mol. The molecule has 0 fully saturated rings. The summed E-state index contributed by atoms with van der Waals surface area (Å²) in [6.07, 6.45) is 4.72. The molecule has 22 heavy (non-hydrogen) atoms. The van der Waals surface area contributed by atoms with Gasteiger partial charge in [0.25, 0.3) is 0 Å². The second kappa shape index (κ2) is 14.4. The Balaban J connectivity index is 3.34. The molecule has 134 valence electrons. The molecule has 0 aliphatic carbocycles. The molecule has 0 radical (unpaired) electrons. The van der Waals surface area contributed by atoms with Gasteiger partial charge in [-0.25, -0.2) is 0 Å². The van der Waals surface area contributed by atoms with Crippen LogP contribution in [-0.2, 0) is 18.9 Å². The zero-order chi connectivity index (χ0) is 16.8. The summed E-state index contributed by atoms with van der Waals surface area (Å²) in [5.41, 5.74) is 0. The van der Waals surface area contributed by atoms with Gasteiger partial charge in [-0.15, -0.1) is 0 Å². The molecule has 0 saturated heterocycles. The quantitative estimate of drug-likeness (QED) is 0.334. The van der Waals surface area contributed by atoms with Gasteiger partial charge >= 0.3 is 0 Å². The molecular formula is C18H38O4. The third kappa shape index (κ3) is 11.4. The summed E-state index contributed by atoms with van der Waals surface area (Å²) in [5, 5.41) is 0. The second-order valence-corrected chi connectivity index (χ2v) is 6.45. The minimum atomic E-state index is -0.131. The Morgan fingerprint density at radius 3 is 1.95 bits per heavy atom. The minimum absolute atomic E-state index is 0.131. The maximum absolute atomic E-state index is 5.88. The van der Waals surface area contributed by atoms with Gasteiger partial charge in [0, 0.05) is 26.2 Å². The van der Waals surface area contributed by atoms with E-state index in [1.165, 1.54) is 0 Å². The van der Waals surface area contributed by atoms with Crippen molar-refractivity contribution in [3.63, 3.8) is 0 Å². The van der Waals surface area contributed by atoms with Gasteiger partial charge in [0.1, 0.15) is 0 Å². The number of hydrogen-bond acceptors (Lipinski definition) is 4. The SMILES string of the molecule is CCC(OCCCCCOCCOC(OC)C(C)C)C(C)C. The molecule has 0 aromatic rings. The Morgan fingerprint density at radius 1 is 0.727 bits per heavy atom. The topological polar surface area (TPSA) is 36.9 Å². The van der Waals surface area contributed by atoms with Crippen molar-refractivity contribution >= 4 is 0 Å². The highest BCUT2D eigenvalue weighted by Gasteiger charge is 2.12. The number of unbranched alkanes of at least 4 members (excludes halogenated alkanes) is 2. The minimum Gasteiger partial charge on any atom is -0.379 e. The highest BCUT2D eigenvalue weighted by Crippen LogP contribution is 2.11. The van der Waals surface area contributed by atoms with Crippen LogP contribution in [0.5, 0.6) is 0 Å². The lowest BCUT2D eigenvalue weighted by Gasteiger charge is -2.20. The Kier molecular flexibility index (Phi) is 14.3. The fourth-order valence-electron chi connectivity index (χ4n) is 2.36. The van der Waals surface area contributed by atoms with Crippen LogP contribution in [0.3, 0.4) is 0 Å². The summed E-state index contributed by atoms with van der Waals surface area (Å²) in [6, 6.07) is 0. The zero-order valence-corrected chi connectivity index (χ0v) is 15.6. The Bertz CT molecular complexity index is 207. The summed E-state index contributed by atoms with van der Waals surface area (Å²) >= 11 is 0. The zero-order valence-electron chi connectivity index (χ0n) is 15.6. The molecule has 4 nitrogen and oxygen atoms in total. The van der Waals surface area contributed by atoms with E-state index >= 15 is 0 Å². The van der Waals surface area contributed by atoms with Crippen LogP contribution in [-0.4, -0.2) is 45.9 Å². The van der Waals surface area contributed by atoms with Gasteiger partial charge in [-0.05, 0) is 31.6 Å². The van der Waals surface area contributed by atoms with E-state index in [1.54, 1.807) is 7.11 Å². The van der Waals surface area contributed by atoms with Crippen LogP contribution in [0.1, 0.15) is 60.3 Å². The highest BCUT2D eigenvalue weighted by atomic mass is 16.7. The highest BCUT2D eigenvalue weighted by molar-refractivity contribution is 4.59. The molecule has 0 aliphatic rings. The summed E-state index contributed by atoms with van der Waals surface area (Å²) in [7, 11) is 1.68. The molecule has 0 aromatic carbocycles. The van der Waals surface area contributed by atoms with Gasteiger partial charge in [0.05, 0.1) is 19.3 Å². The van der Waals surface area contributed by atoms with Gasteiger partial charge in [0.15, 0.2) is 6.29 Å². The predicted molar refractivity (Wildman–Crippen MR) is 91.1 cm³/mol. The fraction of sp³-hybridized carbons (Fsp3) is 1.00. The molecule has 0 rings (SSSR count). The van der Waals surface area contributed by atoms with Crippen molar-refractivity contribution in [1.82, 2.24) is 0 Å². The van der Waals surface area contributed by atoms with Crippen molar-refractivity contribution < 1.29 is 18.9 Å². The standard InChI is InChI=1S/C18H38O4/c1-7-17(15(2)3)21-12-10-8-9-11-20-13-14-22-18(19-6)16(4)5/h15-18H,7-14H2,1-6H3. The summed E-state index contributed by atoms with van der Waals surface area (Å²) < 4.78 is 22.3. The summed E-state index contributed by atoms with van der Waals surface area (Å²) in [5.74, 6) is 0.970. The number of ether oxygens (including phenoxy) is 4. The lowest BCUT2D eigenvalue weighted by atomic mass is 10.1. The average molecular weight is 318 g/mol. The average Bonchev–Trinajstić information content (AvgIpc) is 2.47. The van der Waals surface area contributed by atoms with Crippen molar-refractivity contribution in [2.24, 2.45) is 11.8 Å². The number of hydrogen-bond donors (Lipinski definition) is 0. The van der Waals surface area contributed by atoms with Crippen LogP contribution in [0.25, 0.3) is 0 Å². The molecule has 0 spiro atoms. The first-order valence-electron chi connectivity index (χ1n) is 8.86. The molecule has 4 heteroatoms. The van der Waals surface area contributed by atoms with Crippen molar-refractivity contribution in [3.05, 3.63) is 0 Å². The van der Waals surface area contributed by atoms with Crippen LogP contribution in [0, 0.1) is 11.8 Å². The second-order valence-electron chi connectivity index (χ2n) is 6.45. The van der Waals surface area contributed by atoms with Gasteiger partial charge in [-0.3, -0.25) is 0 Å². The van der Waals surface area contributed by atoms with Gasteiger partial charge in [0.2, 0.25) is 0 Å². The lowest BCUT2D eigenvalue weighted by molar-refractivity contribution is -0.156. The third-order valence-corrected chi connectivity index (χ3v) is 3.70. The van der Waals surface area contributed by atoms with E-state index in [0.717, 1.165) is 38.9 Å². The Labute approximate surface area is 137 Å². The molecule has 0 saturated carbocycles. The largest absolute Gasteiger partial charge is 0.379 e. The van der Waals surface area contributed by atoms with E-state index in [2.05, 4.69) is 34.6 Å². The lowest BCUT2D eigenvalue weighted by Crippen LogP contribution is -2.23. The number of rotatable bonds is 15. The van der Waals surface area contributed by atoms with Crippen molar-refractivity contribution in [2.45, 2.75) is 72.7 Å². The van der Waals surface area contributed by atoms with E-state index in [4.69, 9.17) is 18.9 Å². The van der Waals surface area contributed by atoms with Crippen molar-refractivity contribution in [1.29, 1.82) is 0 Å². The van der Waals surface area contributed by atoms with Crippen molar-refractivity contribution in [3.8, 4) is 0 Å². The van der Waals surface area contributed by atoms with E-state index in [9.17, 15) is 0 Å². The molecule has 0 aliphatic heterocycles. The Morgan fingerprint density at radius 2 is 1.41 bits per heavy atom. The molecule has 0 aromatic heterocycles. The van der Waals surface area contributed by atoms with E-state index in [0.29, 0.717) is 31.2 Å². The van der Waals surface area contributed by atoms with Gasteiger partial charge in [-0.1, -0.05) is 34.6 Å². The smallest absolute Gasteiger partial charge is 0.159 e. The van der Waals surface area contributed by atoms with Crippen LogP contribution in [0.15, 0.2) is 0 Å². The molecule has 2 atom stereocenters. The van der Waals surface area contributed by atoms with Crippen LogP contribution >= 0.6 is 0 Å².